The smallest absolute Gasteiger partial charge is 0.249 e. The summed E-state index contributed by atoms with van der Waals surface area (Å²) in [5.41, 5.74) is 0. The van der Waals surface area contributed by atoms with Crippen molar-refractivity contribution in [2.45, 2.75) is 18.9 Å². The zero-order valence-corrected chi connectivity index (χ0v) is 10.1. The summed E-state index contributed by atoms with van der Waals surface area (Å²) in [5, 5.41) is 5.35. The Kier molecular flexibility index (Phi) is 4.27. The van der Waals surface area contributed by atoms with Crippen molar-refractivity contribution in [2.24, 2.45) is 0 Å². The molecule has 0 radical (unpaired) electrons. The molecular formula is C11H17N3O4. The molecule has 2 aliphatic heterocycles. The van der Waals surface area contributed by atoms with Gasteiger partial charge in [-0.05, 0) is 25.9 Å². The van der Waals surface area contributed by atoms with Crippen molar-refractivity contribution in [2.75, 3.05) is 32.8 Å². The molecule has 7 heteroatoms. The summed E-state index contributed by atoms with van der Waals surface area (Å²) < 4.78 is 5.49. The van der Waals surface area contributed by atoms with E-state index < -0.39 is 11.8 Å². The average molecular weight is 255 g/mol. The number of ether oxygens (including phenoxy) is 1. The lowest BCUT2D eigenvalue weighted by Gasteiger charge is -2.27. The number of nitrogens with zero attached hydrogens (tertiary/aromatic N) is 1. The standard InChI is InChI=1S/C11H17N3O4/c15-9-5-14(6-10(16)13-9)11(17)7-18-8-1-3-12-4-2-8/h8,12H,1-7H2,(H,13,15,16). The predicted molar refractivity (Wildman–Crippen MR) is 61.6 cm³/mol. The van der Waals surface area contributed by atoms with E-state index in [0.29, 0.717) is 0 Å². The number of amides is 3. The second kappa shape index (κ2) is 5.92. The van der Waals surface area contributed by atoms with Gasteiger partial charge >= 0.3 is 0 Å². The molecule has 2 saturated heterocycles. The summed E-state index contributed by atoms with van der Waals surface area (Å²) in [5.74, 6) is -1.19. The predicted octanol–water partition coefficient (Wildman–Crippen LogP) is -1.76. The number of nitrogens with one attached hydrogen (secondary N) is 2. The third-order valence-corrected chi connectivity index (χ3v) is 3.03. The number of piperidine rings is 1. The molecule has 0 aromatic carbocycles. The highest BCUT2D eigenvalue weighted by atomic mass is 16.5. The molecule has 2 fully saturated rings. The van der Waals surface area contributed by atoms with Crippen molar-refractivity contribution in [3.63, 3.8) is 0 Å². The third-order valence-electron chi connectivity index (χ3n) is 3.03. The van der Waals surface area contributed by atoms with Gasteiger partial charge in [0.1, 0.15) is 19.7 Å². The van der Waals surface area contributed by atoms with E-state index in [1.165, 1.54) is 4.90 Å². The van der Waals surface area contributed by atoms with Gasteiger partial charge in [-0.15, -0.1) is 0 Å². The van der Waals surface area contributed by atoms with Crippen LogP contribution in [-0.4, -0.2) is 61.5 Å². The maximum atomic E-state index is 11.8. The average Bonchev–Trinajstić information content (AvgIpc) is 2.36. The number of rotatable bonds is 3. The number of piperazine rings is 1. The van der Waals surface area contributed by atoms with Gasteiger partial charge in [-0.1, -0.05) is 0 Å². The first-order chi connectivity index (χ1) is 8.65. The Morgan fingerprint density at radius 2 is 1.83 bits per heavy atom. The van der Waals surface area contributed by atoms with Crippen LogP contribution in [0.1, 0.15) is 12.8 Å². The molecule has 2 rings (SSSR count). The molecule has 3 amide bonds. The summed E-state index contributed by atoms with van der Waals surface area (Å²) in [6, 6.07) is 0. The van der Waals surface area contributed by atoms with E-state index in [2.05, 4.69) is 10.6 Å². The lowest BCUT2D eigenvalue weighted by Crippen LogP contribution is -2.54. The van der Waals surface area contributed by atoms with E-state index in [1.807, 2.05) is 0 Å². The fourth-order valence-electron chi connectivity index (χ4n) is 2.06. The molecule has 2 N–H and O–H groups in total. The summed E-state index contributed by atoms with van der Waals surface area (Å²) in [4.78, 5) is 35.2. The molecule has 0 aliphatic carbocycles. The van der Waals surface area contributed by atoms with Crippen LogP contribution < -0.4 is 10.6 Å². The van der Waals surface area contributed by atoms with E-state index >= 15 is 0 Å². The van der Waals surface area contributed by atoms with Crippen molar-refractivity contribution in [3.05, 3.63) is 0 Å². The summed E-state index contributed by atoms with van der Waals surface area (Å²) in [7, 11) is 0. The number of hydrogen-bond donors (Lipinski definition) is 2. The van der Waals surface area contributed by atoms with Gasteiger partial charge in [0.25, 0.3) is 0 Å². The maximum Gasteiger partial charge on any atom is 0.249 e. The van der Waals surface area contributed by atoms with Gasteiger partial charge in [-0.2, -0.15) is 0 Å². The molecule has 0 saturated carbocycles. The number of carbonyl (C=O) groups excluding carboxylic acids is 3. The van der Waals surface area contributed by atoms with Gasteiger partial charge in [0, 0.05) is 0 Å². The zero-order chi connectivity index (χ0) is 13.0. The molecule has 0 atom stereocenters. The Balaban J connectivity index is 1.76. The molecule has 7 nitrogen and oxygen atoms in total. The van der Waals surface area contributed by atoms with Crippen LogP contribution in [0.25, 0.3) is 0 Å². The first kappa shape index (κ1) is 13.0. The second-order valence-electron chi connectivity index (χ2n) is 4.48. The van der Waals surface area contributed by atoms with E-state index in [0.717, 1.165) is 25.9 Å². The molecule has 2 aliphatic rings. The highest BCUT2D eigenvalue weighted by Gasteiger charge is 2.26. The van der Waals surface area contributed by atoms with Gasteiger partial charge in [-0.25, -0.2) is 0 Å². The van der Waals surface area contributed by atoms with Crippen LogP contribution in [0.5, 0.6) is 0 Å². The molecule has 0 unspecified atom stereocenters. The van der Waals surface area contributed by atoms with Crippen molar-refractivity contribution in [1.29, 1.82) is 0 Å². The first-order valence-electron chi connectivity index (χ1n) is 6.08. The van der Waals surface area contributed by atoms with Crippen LogP contribution in [0.15, 0.2) is 0 Å². The Morgan fingerprint density at radius 3 is 2.44 bits per heavy atom. The molecule has 0 spiro atoms. The fourth-order valence-corrected chi connectivity index (χ4v) is 2.06. The van der Waals surface area contributed by atoms with Crippen molar-refractivity contribution < 1.29 is 19.1 Å². The van der Waals surface area contributed by atoms with E-state index in [-0.39, 0.29) is 31.7 Å². The minimum atomic E-state index is -0.443. The summed E-state index contributed by atoms with van der Waals surface area (Å²) in [6.45, 7) is 1.58. The Labute approximate surface area is 105 Å². The van der Waals surface area contributed by atoms with Gasteiger partial charge in [-0.3, -0.25) is 19.7 Å². The maximum absolute atomic E-state index is 11.8. The van der Waals surface area contributed by atoms with Gasteiger partial charge in [0.15, 0.2) is 0 Å². The lowest BCUT2D eigenvalue weighted by atomic mass is 10.1. The zero-order valence-electron chi connectivity index (χ0n) is 10.1. The summed E-state index contributed by atoms with van der Waals surface area (Å²) in [6.07, 6.45) is 1.85. The number of carbonyl (C=O) groups is 3. The van der Waals surface area contributed by atoms with Gasteiger partial charge in [0.05, 0.1) is 6.10 Å². The monoisotopic (exact) mass is 255 g/mol. The fraction of sp³-hybridized carbons (Fsp3) is 0.727. The Bertz CT molecular complexity index is 336. The number of hydrogen-bond acceptors (Lipinski definition) is 5. The van der Waals surface area contributed by atoms with Gasteiger partial charge < -0.3 is 15.0 Å². The normalized spacial score (nSPS) is 21.9. The highest BCUT2D eigenvalue weighted by Crippen LogP contribution is 2.07. The quantitative estimate of drug-likeness (QED) is 0.583. The second-order valence-corrected chi connectivity index (χ2v) is 4.48. The molecule has 100 valence electrons. The summed E-state index contributed by atoms with van der Waals surface area (Å²) >= 11 is 0. The molecule has 0 aromatic heterocycles. The van der Waals surface area contributed by atoms with Crippen LogP contribution in [0.4, 0.5) is 0 Å². The van der Waals surface area contributed by atoms with Crippen molar-refractivity contribution >= 4 is 17.7 Å². The lowest BCUT2D eigenvalue weighted by molar-refractivity contribution is -0.149. The van der Waals surface area contributed by atoms with Crippen LogP contribution in [-0.2, 0) is 19.1 Å². The van der Waals surface area contributed by atoms with Crippen LogP contribution in [0.3, 0.4) is 0 Å². The highest BCUT2D eigenvalue weighted by molar-refractivity contribution is 6.02. The Morgan fingerprint density at radius 1 is 1.22 bits per heavy atom. The van der Waals surface area contributed by atoms with E-state index in [9.17, 15) is 14.4 Å². The molecule has 2 heterocycles. The van der Waals surface area contributed by atoms with Crippen LogP contribution in [0.2, 0.25) is 0 Å². The molecule has 18 heavy (non-hydrogen) atoms. The third kappa shape index (κ3) is 3.51. The SMILES string of the molecule is O=C1CN(C(=O)COC2CCNCC2)CC(=O)N1. The topological polar surface area (TPSA) is 87.7 Å². The van der Waals surface area contributed by atoms with Gasteiger partial charge in [0.2, 0.25) is 17.7 Å². The Hall–Kier alpha value is -1.47. The molecule has 0 bridgehead atoms. The van der Waals surface area contributed by atoms with Crippen molar-refractivity contribution in [1.82, 2.24) is 15.5 Å². The van der Waals surface area contributed by atoms with Crippen LogP contribution in [0, 0.1) is 0 Å². The van der Waals surface area contributed by atoms with Crippen LogP contribution >= 0.6 is 0 Å². The molecule has 0 aromatic rings. The molecular weight excluding hydrogens is 238 g/mol. The van der Waals surface area contributed by atoms with Crippen molar-refractivity contribution in [3.8, 4) is 0 Å². The largest absolute Gasteiger partial charge is 0.368 e. The first-order valence-corrected chi connectivity index (χ1v) is 6.08. The minimum Gasteiger partial charge on any atom is -0.368 e. The number of imide groups is 1. The minimum absolute atomic E-state index is 0.0643. The van der Waals surface area contributed by atoms with E-state index in [1.54, 1.807) is 0 Å². The van der Waals surface area contributed by atoms with E-state index in [4.69, 9.17) is 4.74 Å².